The SMILES string of the molecule is CCOc1ccc(Cl)cc1NCc1ccc(C(C)(C)C)s1. The second-order valence-corrected chi connectivity index (χ2v) is 7.55. The van der Waals surface area contributed by atoms with Gasteiger partial charge in [-0.05, 0) is 42.7 Å². The number of hydrogen-bond acceptors (Lipinski definition) is 3. The molecular weight excluding hydrogens is 302 g/mol. The van der Waals surface area contributed by atoms with E-state index in [0.29, 0.717) is 11.6 Å². The summed E-state index contributed by atoms with van der Waals surface area (Å²) in [5.41, 5.74) is 1.14. The lowest BCUT2D eigenvalue weighted by molar-refractivity contribution is 0.341. The molecule has 0 unspecified atom stereocenters. The van der Waals surface area contributed by atoms with Crippen LogP contribution in [0, 0.1) is 0 Å². The summed E-state index contributed by atoms with van der Waals surface area (Å²) in [4.78, 5) is 2.71. The number of thiophene rings is 1. The molecule has 114 valence electrons. The van der Waals surface area contributed by atoms with Crippen molar-refractivity contribution in [1.29, 1.82) is 0 Å². The van der Waals surface area contributed by atoms with Crippen molar-refractivity contribution in [3.8, 4) is 5.75 Å². The second-order valence-electron chi connectivity index (χ2n) is 5.94. The van der Waals surface area contributed by atoms with Crippen molar-refractivity contribution in [3.63, 3.8) is 0 Å². The van der Waals surface area contributed by atoms with E-state index in [1.165, 1.54) is 9.75 Å². The van der Waals surface area contributed by atoms with Gasteiger partial charge in [0.2, 0.25) is 0 Å². The van der Waals surface area contributed by atoms with E-state index in [0.717, 1.165) is 18.0 Å². The minimum Gasteiger partial charge on any atom is -0.492 e. The minimum absolute atomic E-state index is 0.204. The molecule has 1 N–H and O–H groups in total. The third kappa shape index (κ3) is 4.39. The van der Waals surface area contributed by atoms with Gasteiger partial charge in [-0.1, -0.05) is 32.4 Å². The molecule has 2 aromatic rings. The third-order valence-electron chi connectivity index (χ3n) is 3.10. The molecule has 0 aliphatic heterocycles. The lowest BCUT2D eigenvalue weighted by Crippen LogP contribution is -2.07. The zero-order valence-corrected chi connectivity index (χ0v) is 14.6. The molecule has 0 fully saturated rings. The summed E-state index contributed by atoms with van der Waals surface area (Å²) in [5, 5.41) is 4.13. The van der Waals surface area contributed by atoms with Crippen LogP contribution in [-0.4, -0.2) is 6.61 Å². The highest BCUT2D eigenvalue weighted by Crippen LogP contribution is 2.32. The fraction of sp³-hybridized carbons (Fsp3) is 0.412. The first-order valence-corrected chi connectivity index (χ1v) is 8.35. The van der Waals surface area contributed by atoms with Gasteiger partial charge in [0.1, 0.15) is 5.75 Å². The van der Waals surface area contributed by atoms with Gasteiger partial charge < -0.3 is 10.1 Å². The van der Waals surface area contributed by atoms with E-state index in [9.17, 15) is 0 Å². The summed E-state index contributed by atoms with van der Waals surface area (Å²) in [5.74, 6) is 0.842. The van der Waals surface area contributed by atoms with E-state index >= 15 is 0 Å². The first kappa shape index (κ1) is 16.2. The third-order valence-corrected chi connectivity index (χ3v) is 4.84. The number of anilines is 1. The standard InChI is InChI=1S/C17H22ClNOS/c1-5-20-15-8-6-12(18)10-14(15)19-11-13-7-9-16(21-13)17(2,3)4/h6-10,19H,5,11H2,1-4H3. The van der Waals surface area contributed by atoms with E-state index in [1.807, 2.05) is 36.5 Å². The Labute approximate surface area is 136 Å². The number of hydrogen-bond donors (Lipinski definition) is 1. The highest BCUT2D eigenvalue weighted by molar-refractivity contribution is 7.12. The summed E-state index contributed by atoms with van der Waals surface area (Å²) in [7, 11) is 0. The molecule has 0 atom stereocenters. The molecule has 0 amide bonds. The Balaban J connectivity index is 2.09. The summed E-state index contributed by atoms with van der Waals surface area (Å²) in [6.07, 6.45) is 0. The van der Waals surface area contributed by atoms with Crippen LogP contribution in [0.25, 0.3) is 0 Å². The fourth-order valence-electron chi connectivity index (χ4n) is 1.98. The van der Waals surface area contributed by atoms with Crippen LogP contribution in [0.15, 0.2) is 30.3 Å². The smallest absolute Gasteiger partial charge is 0.142 e. The Bertz CT molecular complexity index is 601. The maximum atomic E-state index is 6.07. The number of benzene rings is 1. The summed E-state index contributed by atoms with van der Waals surface area (Å²) in [6.45, 7) is 10.1. The monoisotopic (exact) mass is 323 g/mol. The van der Waals surface area contributed by atoms with Crippen LogP contribution in [-0.2, 0) is 12.0 Å². The van der Waals surface area contributed by atoms with Gasteiger partial charge in [-0.2, -0.15) is 0 Å². The van der Waals surface area contributed by atoms with Crippen molar-refractivity contribution < 1.29 is 4.74 Å². The molecule has 1 heterocycles. The molecule has 1 aromatic heterocycles. The van der Waals surface area contributed by atoms with E-state index in [4.69, 9.17) is 16.3 Å². The molecular formula is C17H22ClNOS. The molecule has 0 saturated carbocycles. The molecule has 0 bridgehead atoms. The molecule has 0 radical (unpaired) electrons. The zero-order valence-electron chi connectivity index (χ0n) is 13.0. The van der Waals surface area contributed by atoms with Gasteiger partial charge in [-0.15, -0.1) is 11.3 Å². The lowest BCUT2D eigenvalue weighted by atomic mass is 9.95. The summed E-state index contributed by atoms with van der Waals surface area (Å²) in [6, 6.07) is 10.1. The Morgan fingerprint density at radius 1 is 1.19 bits per heavy atom. The van der Waals surface area contributed by atoms with E-state index in [-0.39, 0.29) is 5.41 Å². The van der Waals surface area contributed by atoms with Crippen LogP contribution in [0.5, 0.6) is 5.75 Å². The van der Waals surface area contributed by atoms with Gasteiger partial charge in [0, 0.05) is 21.3 Å². The van der Waals surface area contributed by atoms with E-state index in [2.05, 4.69) is 38.2 Å². The normalized spacial score (nSPS) is 11.5. The molecule has 0 aliphatic rings. The lowest BCUT2D eigenvalue weighted by Gasteiger charge is -2.15. The Morgan fingerprint density at radius 2 is 1.95 bits per heavy atom. The Morgan fingerprint density at radius 3 is 2.57 bits per heavy atom. The zero-order chi connectivity index (χ0) is 15.5. The average Bonchev–Trinajstić information content (AvgIpc) is 2.88. The molecule has 2 nitrogen and oxygen atoms in total. The quantitative estimate of drug-likeness (QED) is 0.761. The van der Waals surface area contributed by atoms with Crippen LogP contribution < -0.4 is 10.1 Å². The van der Waals surface area contributed by atoms with Gasteiger partial charge in [0.25, 0.3) is 0 Å². The number of rotatable bonds is 5. The molecule has 0 saturated heterocycles. The predicted octanol–water partition coefficient (Wildman–Crippen LogP) is 5.71. The van der Waals surface area contributed by atoms with E-state index < -0.39 is 0 Å². The topological polar surface area (TPSA) is 21.3 Å². The van der Waals surface area contributed by atoms with Crippen molar-refractivity contribution in [2.24, 2.45) is 0 Å². The first-order valence-electron chi connectivity index (χ1n) is 7.15. The summed E-state index contributed by atoms with van der Waals surface area (Å²) >= 11 is 7.92. The molecule has 1 aromatic carbocycles. The highest BCUT2D eigenvalue weighted by Gasteiger charge is 2.16. The fourth-order valence-corrected chi connectivity index (χ4v) is 3.16. The van der Waals surface area contributed by atoms with Gasteiger partial charge in [0.15, 0.2) is 0 Å². The van der Waals surface area contributed by atoms with Crippen LogP contribution in [0.3, 0.4) is 0 Å². The van der Waals surface area contributed by atoms with Crippen LogP contribution in [0.4, 0.5) is 5.69 Å². The van der Waals surface area contributed by atoms with Crippen LogP contribution >= 0.6 is 22.9 Å². The van der Waals surface area contributed by atoms with Crippen molar-refractivity contribution in [3.05, 3.63) is 45.1 Å². The van der Waals surface area contributed by atoms with Crippen molar-refractivity contribution >= 4 is 28.6 Å². The number of halogens is 1. The first-order chi connectivity index (χ1) is 9.90. The maximum Gasteiger partial charge on any atom is 0.142 e. The highest BCUT2D eigenvalue weighted by atomic mass is 35.5. The average molecular weight is 324 g/mol. The molecule has 0 aliphatic carbocycles. The molecule has 21 heavy (non-hydrogen) atoms. The summed E-state index contributed by atoms with van der Waals surface area (Å²) < 4.78 is 5.62. The van der Waals surface area contributed by atoms with Gasteiger partial charge in [-0.3, -0.25) is 0 Å². The van der Waals surface area contributed by atoms with Crippen molar-refractivity contribution in [2.45, 2.75) is 39.7 Å². The Hall–Kier alpha value is -1.19. The second kappa shape index (κ2) is 6.71. The van der Waals surface area contributed by atoms with Crippen LogP contribution in [0.2, 0.25) is 5.02 Å². The van der Waals surface area contributed by atoms with Crippen LogP contribution in [0.1, 0.15) is 37.4 Å². The maximum absolute atomic E-state index is 6.07. The number of nitrogens with one attached hydrogen (secondary N) is 1. The van der Waals surface area contributed by atoms with Crippen molar-refractivity contribution in [1.82, 2.24) is 0 Å². The molecule has 4 heteroatoms. The molecule has 2 rings (SSSR count). The van der Waals surface area contributed by atoms with Crippen molar-refractivity contribution in [2.75, 3.05) is 11.9 Å². The van der Waals surface area contributed by atoms with Gasteiger partial charge >= 0.3 is 0 Å². The molecule has 0 spiro atoms. The Kier molecular flexibility index (Phi) is 5.17. The minimum atomic E-state index is 0.204. The van der Waals surface area contributed by atoms with E-state index in [1.54, 1.807) is 0 Å². The largest absolute Gasteiger partial charge is 0.492 e. The van der Waals surface area contributed by atoms with Gasteiger partial charge in [0.05, 0.1) is 12.3 Å². The number of ether oxygens (including phenoxy) is 1. The predicted molar refractivity (Wildman–Crippen MR) is 93.0 cm³/mol. The van der Waals surface area contributed by atoms with Gasteiger partial charge in [-0.25, -0.2) is 0 Å².